The molecule has 0 aliphatic rings. The predicted octanol–water partition coefficient (Wildman–Crippen LogP) is 1.90. The van der Waals surface area contributed by atoms with Crippen LogP contribution in [0.3, 0.4) is 0 Å². The molecule has 100 valence electrons. The van der Waals surface area contributed by atoms with E-state index >= 15 is 0 Å². The van der Waals surface area contributed by atoms with Crippen molar-refractivity contribution in [2.75, 3.05) is 11.9 Å². The fraction of sp³-hybridized carbons (Fsp3) is 0.500. The van der Waals surface area contributed by atoms with Crippen molar-refractivity contribution in [3.8, 4) is 0 Å². The molecular weight excluding hydrogens is 228 g/mol. The Balaban J connectivity index is 2.59. The van der Waals surface area contributed by atoms with E-state index in [1.54, 1.807) is 6.92 Å². The monoisotopic (exact) mass is 250 g/mol. The smallest absolute Gasteiger partial charge is 0.221 e. The number of nitrogens with one attached hydrogen (secondary N) is 2. The van der Waals surface area contributed by atoms with Gasteiger partial charge in [-0.2, -0.15) is 0 Å². The van der Waals surface area contributed by atoms with Crippen LogP contribution in [-0.4, -0.2) is 23.2 Å². The quantitative estimate of drug-likeness (QED) is 0.722. The van der Waals surface area contributed by atoms with Crippen LogP contribution < -0.4 is 10.6 Å². The molecule has 1 aromatic carbocycles. The second-order valence-electron chi connectivity index (χ2n) is 4.79. The highest BCUT2D eigenvalue weighted by Crippen LogP contribution is 2.15. The van der Waals surface area contributed by atoms with Crippen LogP contribution >= 0.6 is 0 Å². The van der Waals surface area contributed by atoms with Gasteiger partial charge in [-0.25, -0.2) is 0 Å². The van der Waals surface area contributed by atoms with Gasteiger partial charge >= 0.3 is 0 Å². The zero-order chi connectivity index (χ0) is 13.6. The van der Waals surface area contributed by atoms with E-state index < -0.39 is 5.60 Å². The largest absolute Gasteiger partial charge is 0.389 e. The first-order chi connectivity index (χ1) is 8.44. The van der Waals surface area contributed by atoms with Gasteiger partial charge in [-0.3, -0.25) is 4.79 Å². The van der Waals surface area contributed by atoms with Gasteiger partial charge in [0.1, 0.15) is 0 Å². The van der Waals surface area contributed by atoms with E-state index in [1.807, 2.05) is 31.2 Å². The summed E-state index contributed by atoms with van der Waals surface area (Å²) in [6.45, 7) is 6.39. The number of hydrogen-bond donors (Lipinski definition) is 3. The Morgan fingerprint density at radius 3 is 2.67 bits per heavy atom. The molecule has 4 nitrogen and oxygen atoms in total. The molecule has 0 aromatic heterocycles. The molecule has 0 spiro atoms. The van der Waals surface area contributed by atoms with Crippen LogP contribution in [0.15, 0.2) is 24.3 Å². The second kappa shape index (κ2) is 6.52. The SMILES string of the molecule is CCC(C)(O)CNCc1ccccc1NC(C)=O. The van der Waals surface area contributed by atoms with Crippen LogP contribution in [0, 0.1) is 0 Å². The van der Waals surface area contributed by atoms with Crippen molar-refractivity contribution in [1.29, 1.82) is 0 Å². The molecule has 3 N–H and O–H groups in total. The van der Waals surface area contributed by atoms with Gasteiger partial charge in [-0.1, -0.05) is 25.1 Å². The molecule has 0 heterocycles. The minimum Gasteiger partial charge on any atom is -0.389 e. The number of rotatable bonds is 6. The maximum atomic E-state index is 11.1. The minimum atomic E-state index is -0.692. The first-order valence-corrected chi connectivity index (χ1v) is 6.23. The molecule has 0 saturated carbocycles. The molecule has 1 rings (SSSR count). The van der Waals surface area contributed by atoms with Gasteiger partial charge in [-0.15, -0.1) is 0 Å². The Hall–Kier alpha value is -1.39. The number of benzene rings is 1. The third-order valence-corrected chi connectivity index (χ3v) is 2.91. The molecular formula is C14H22N2O2. The maximum absolute atomic E-state index is 11.1. The highest BCUT2D eigenvalue weighted by molar-refractivity contribution is 5.89. The molecule has 0 aliphatic heterocycles. The fourth-order valence-corrected chi connectivity index (χ4v) is 1.58. The van der Waals surface area contributed by atoms with Crippen LogP contribution in [-0.2, 0) is 11.3 Å². The summed E-state index contributed by atoms with van der Waals surface area (Å²) in [6.07, 6.45) is 0.702. The Kier molecular flexibility index (Phi) is 5.31. The van der Waals surface area contributed by atoms with Crippen molar-refractivity contribution < 1.29 is 9.90 Å². The van der Waals surface area contributed by atoms with Crippen LogP contribution in [0.4, 0.5) is 5.69 Å². The third-order valence-electron chi connectivity index (χ3n) is 2.91. The number of carbonyl (C=O) groups is 1. The summed E-state index contributed by atoms with van der Waals surface area (Å²) in [5.41, 5.74) is 1.14. The molecule has 0 bridgehead atoms. The summed E-state index contributed by atoms with van der Waals surface area (Å²) in [5.74, 6) is -0.0806. The molecule has 1 atom stereocenters. The summed E-state index contributed by atoms with van der Waals surface area (Å²) < 4.78 is 0. The van der Waals surface area contributed by atoms with Crippen LogP contribution in [0.1, 0.15) is 32.8 Å². The Morgan fingerprint density at radius 1 is 1.39 bits per heavy atom. The first kappa shape index (κ1) is 14.7. The molecule has 18 heavy (non-hydrogen) atoms. The molecule has 0 fully saturated rings. The molecule has 0 radical (unpaired) electrons. The lowest BCUT2D eigenvalue weighted by molar-refractivity contribution is -0.114. The van der Waals surface area contributed by atoms with Crippen LogP contribution in [0.25, 0.3) is 0 Å². The van der Waals surface area contributed by atoms with Gasteiger partial charge in [-0.05, 0) is 25.0 Å². The Labute approximate surface area is 108 Å². The summed E-state index contributed by atoms with van der Waals surface area (Å²) in [5, 5.41) is 15.9. The van der Waals surface area contributed by atoms with Crippen molar-refractivity contribution in [2.24, 2.45) is 0 Å². The predicted molar refractivity (Wildman–Crippen MR) is 73.4 cm³/mol. The standard InChI is InChI=1S/C14H22N2O2/c1-4-14(3,18)10-15-9-12-7-5-6-8-13(12)16-11(2)17/h5-8,15,18H,4,9-10H2,1-3H3,(H,16,17). The van der Waals surface area contributed by atoms with Crippen molar-refractivity contribution in [2.45, 2.75) is 39.3 Å². The average Bonchev–Trinajstić information content (AvgIpc) is 2.30. The van der Waals surface area contributed by atoms with E-state index in [4.69, 9.17) is 0 Å². The zero-order valence-electron chi connectivity index (χ0n) is 11.3. The lowest BCUT2D eigenvalue weighted by Gasteiger charge is -2.22. The van der Waals surface area contributed by atoms with E-state index in [0.717, 1.165) is 11.3 Å². The van der Waals surface area contributed by atoms with Crippen LogP contribution in [0.2, 0.25) is 0 Å². The van der Waals surface area contributed by atoms with E-state index in [0.29, 0.717) is 19.5 Å². The number of aliphatic hydroxyl groups is 1. The number of amides is 1. The third kappa shape index (κ3) is 4.85. The number of para-hydroxylation sites is 1. The number of carbonyl (C=O) groups excluding carboxylic acids is 1. The number of hydrogen-bond acceptors (Lipinski definition) is 3. The second-order valence-corrected chi connectivity index (χ2v) is 4.79. The van der Waals surface area contributed by atoms with E-state index in [-0.39, 0.29) is 5.91 Å². The van der Waals surface area contributed by atoms with Crippen LogP contribution in [0.5, 0.6) is 0 Å². The van der Waals surface area contributed by atoms with E-state index in [9.17, 15) is 9.90 Å². The van der Waals surface area contributed by atoms with E-state index in [2.05, 4.69) is 10.6 Å². The van der Waals surface area contributed by atoms with Gasteiger partial charge in [0.2, 0.25) is 5.91 Å². The summed E-state index contributed by atoms with van der Waals surface area (Å²) in [6, 6.07) is 7.65. The van der Waals surface area contributed by atoms with Gasteiger partial charge in [0.15, 0.2) is 0 Å². The van der Waals surface area contributed by atoms with Gasteiger partial charge in [0.25, 0.3) is 0 Å². The Bertz CT molecular complexity index is 403. The Morgan fingerprint density at radius 2 is 2.06 bits per heavy atom. The minimum absolute atomic E-state index is 0.0806. The van der Waals surface area contributed by atoms with Crippen molar-refractivity contribution in [1.82, 2.24) is 5.32 Å². The van der Waals surface area contributed by atoms with Crippen molar-refractivity contribution in [3.63, 3.8) is 0 Å². The molecule has 1 amide bonds. The summed E-state index contributed by atoms with van der Waals surface area (Å²) in [4.78, 5) is 11.1. The fourth-order valence-electron chi connectivity index (χ4n) is 1.58. The lowest BCUT2D eigenvalue weighted by Crippen LogP contribution is -2.36. The molecule has 0 saturated heterocycles. The summed E-state index contributed by atoms with van der Waals surface area (Å²) in [7, 11) is 0. The van der Waals surface area contributed by atoms with Crippen molar-refractivity contribution in [3.05, 3.63) is 29.8 Å². The first-order valence-electron chi connectivity index (χ1n) is 6.23. The highest BCUT2D eigenvalue weighted by atomic mass is 16.3. The van der Waals surface area contributed by atoms with Gasteiger partial charge in [0.05, 0.1) is 5.60 Å². The van der Waals surface area contributed by atoms with Gasteiger partial charge in [0, 0.05) is 25.7 Å². The zero-order valence-corrected chi connectivity index (χ0v) is 11.3. The lowest BCUT2D eigenvalue weighted by atomic mass is 10.0. The molecule has 1 aromatic rings. The maximum Gasteiger partial charge on any atom is 0.221 e. The topological polar surface area (TPSA) is 61.4 Å². The van der Waals surface area contributed by atoms with Crippen molar-refractivity contribution >= 4 is 11.6 Å². The highest BCUT2D eigenvalue weighted by Gasteiger charge is 2.16. The molecule has 1 unspecified atom stereocenters. The summed E-state index contributed by atoms with van der Waals surface area (Å²) >= 11 is 0. The molecule has 4 heteroatoms. The molecule has 0 aliphatic carbocycles. The van der Waals surface area contributed by atoms with E-state index in [1.165, 1.54) is 6.92 Å². The van der Waals surface area contributed by atoms with Gasteiger partial charge < -0.3 is 15.7 Å². The average molecular weight is 250 g/mol. The normalized spacial score (nSPS) is 14.0. The number of anilines is 1.